The van der Waals surface area contributed by atoms with Gasteiger partial charge in [0.05, 0.1) is 6.20 Å². The lowest BCUT2D eigenvalue weighted by molar-refractivity contribution is 0.143. The molecule has 3 rings (SSSR count). The fourth-order valence-electron chi connectivity index (χ4n) is 1.86. The van der Waals surface area contributed by atoms with Gasteiger partial charge in [-0.15, -0.1) is 0 Å². The molecular formula is C11H11F2N3. The number of aryl methyl sites for hydroxylation is 1. The van der Waals surface area contributed by atoms with Crippen molar-refractivity contribution in [1.29, 1.82) is 0 Å². The molecule has 0 aromatic carbocycles. The van der Waals surface area contributed by atoms with E-state index in [1.54, 1.807) is 6.20 Å². The average molecular weight is 223 g/mol. The minimum atomic E-state index is -2.51. The molecule has 2 heterocycles. The first kappa shape index (κ1) is 9.69. The van der Waals surface area contributed by atoms with Crippen LogP contribution in [0.5, 0.6) is 0 Å². The molecule has 1 fully saturated rings. The van der Waals surface area contributed by atoms with Crippen LogP contribution in [0.4, 0.5) is 8.78 Å². The van der Waals surface area contributed by atoms with Crippen LogP contribution in [0.25, 0.3) is 5.65 Å². The molecule has 0 N–H and O–H groups in total. The Kier molecular flexibility index (Phi) is 1.96. The summed E-state index contributed by atoms with van der Waals surface area (Å²) in [6.45, 7) is 1.83. The summed E-state index contributed by atoms with van der Waals surface area (Å²) in [5, 5.41) is 3.93. The van der Waals surface area contributed by atoms with Crippen molar-refractivity contribution in [3.63, 3.8) is 0 Å². The number of rotatable bonds is 2. The van der Waals surface area contributed by atoms with Crippen molar-refractivity contribution in [2.45, 2.75) is 32.1 Å². The normalized spacial score (nSPS) is 16.2. The quantitative estimate of drug-likeness (QED) is 0.783. The Morgan fingerprint density at radius 3 is 2.81 bits per heavy atom. The zero-order valence-corrected chi connectivity index (χ0v) is 8.82. The number of hydrogen-bond donors (Lipinski definition) is 0. The van der Waals surface area contributed by atoms with Crippen molar-refractivity contribution in [1.82, 2.24) is 14.6 Å². The van der Waals surface area contributed by atoms with Gasteiger partial charge in [0.1, 0.15) is 5.69 Å². The van der Waals surface area contributed by atoms with Gasteiger partial charge < -0.3 is 0 Å². The number of nitrogens with zero attached hydrogens (tertiary/aromatic N) is 3. The maximum atomic E-state index is 12.9. The molecular weight excluding hydrogens is 212 g/mol. The molecule has 0 saturated heterocycles. The van der Waals surface area contributed by atoms with E-state index in [9.17, 15) is 8.78 Å². The molecule has 1 saturated carbocycles. The van der Waals surface area contributed by atoms with Gasteiger partial charge in [0.15, 0.2) is 5.65 Å². The molecule has 1 aliphatic carbocycles. The van der Waals surface area contributed by atoms with E-state index >= 15 is 0 Å². The lowest BCUT2D eigenvalue weighted by atomic mass is 10.2. The van der Waals surface area contributed by atoms with E-state index in [0.717, 1.165) is 24.1 Å². The first-order chi connectivity index (χ1) is 7.66. The van der Waals surface area contributed by atoms with Gasteiger partial charge in [-0.3, -0.25) is 0 Å². The molecule has 0 bridgehead atoms. The summed E-state index contributed by atoms with van der Waals surface area (Å²) in [5.41, 5.74) is 2.12. The number of hydrogen-bond acceptors (Lipinski definition) is 2. The number of fused-ring (bicyclic) bond motifs is 1. The maximum Gasteiger partial charge on any atom is 0.280 e. The summed E-state index contributed by atoms with van der Waals surface area (Å²) in [5.74, 6) is 0.372. The van der Waals surface area contributed by atoms with Gasteiger partial charge in [-0.25, -0.2) is 18.3 Å². The Bertz CT molecular complexity index is 543. The Balaban J connectivity index is 2.27. The third-order valence-electron chi connectivity index (χ3n) is 2.91. The zero-order chi connectivity index (χ0) is 11.3. The summed E-state index contributed by atoms with van der Waals surface area (Å²) < 4.78 is 27.0. The topological polar surface area (TPSA) is 30.2 Å². The van der Waals surface area contributed by atoms with Gasteiger partial charge in [0, 0.05) is 17.2 Å². The first-order valence-electron chi connectivity index (χ1n) is 5.30. The minimum Gasteiger partial charge on any atom is -0.233 e. The molecule has 16 heavy (non-hydrogen) atoms. The number of aromatic nitrogens is 3. The monoisotopic (exact) mass is 223 g/mol. The smallest absolute Gasteiger partial charge is 0.233 e. The first-order valence-corrected chi connectivity index (χ1v) is 5.30. The second-order valence-corrected chi connectivity index (χ2v) is 4.24. The number of alkyl halides is 2. The predicted molar refractivity (Wildman–Crippen MR) is 54.7 cm³/mol. The van der Waals surface area contributed by atoms with Crippen LogP contribution in [-0.4, -0.2) is 14.6 Å². The zero-order valence-electron chi connectivity index (χ0n) is 8.82. The maximum absolute atomic E-state index is 12.9. The largest absolute Gasteiger partial charge is 0.280 e. The van der Waals surface area contributed by atoms with Crippen LogP contribution in [0.1, 0.15) is 42.1 Å². The Labute approximate surface area is 91.1 Å². The van der Waals surface area contributed by atoms with E-state index in [0.29, 0.717) is 11.6 Å². The Hall–Kier alpha value is -1.52. The minimum absolute atomic E-state index is 0.0556. The second kappa shape index (κ2) is 3.23. The summed E-state index contributed by atoms with van der Waals surface area (Å²) in [6, 6.07) is 1.49. The van der Waals surface area contributed by atoms with Crippen LogP contribution in [0.3, 0.4) is 0 Å². The average Bonchev–Trinajstić information content (AvgIpc) is 3.03. The summed E-state index contributed by atoms with van der Waals surface area (Å²) in [6.07, 6.45) is 1.17. The summed E-state index contributed by atoms with van der Waals surface area (Å²) >= 11 is 0. The van der Waals surface area contributed by atoms with Crippen LogP contribution < -0.4 is 0 Å². The molecule has 84 valence electrons. The standard InChI is InChI=1S/C11H11F2N3/c1-6-5-14-16-9(10(12)13)4-8(7-2-3-7)15-11(6)16/h4-5,7,10H,2-3H2,1H3. The van der Waals surface area contributed by atoms with Crippen molar-refractivity contribution in [3.8, 4) is 0 Å². The molecule has 0 aliphatic heterocycles. The van der Waals surface area contributed by atoms with E-state index in [1.165, 1.54) is 10.6 Å². The van der Waals surface area contributed by atoms with Crippen molar-refractivity contribution in [3.05, 3.63) is 29.2 Å². The van der Waals surface area contributed by atoms with Gasteiger partial charge in [-0.1, -0.05) is 0 Å². The van der Waals surface area contributed by atoms with Crippen molar-refractivity contribution in [2.75, 3.05) is 0 Å². The van der Waals surface area contributed by atoms with Crippen LogP contribution in [0, 0.1) is 6.92 Å². The molecule has 5 heteroatoms. The van der Waals surface area contributed by atoms with Gasteiger partial charge >= 0.3 is 0 Å². The second-order valence-electron chi connectivity index (χ2n) is 4.24. The fourth-order valence-corrected chi connectivity index (χ4v) is 1.86. The highest BCUT2D eigenvalue weighted by Gasteiger charge is 2.27. The molecule has 1 aliphatic rings. The highest BCUT2D eigenvalue weighted by Crippen LogP contribution is 2.40. The van der Waals surface area contributed by atoms with Crippen LogP contribution in [0.15, 0.2) is 12.3 Å². The molecule has 2 aromatic rings. The van der Waals surface area contributed by atoms with E-state index < -0.39 is 6.43 Å². The van der Waals surface area contributed by atoms with E-state index in [1.807, 2.05) is 6.92 Å². The third-order valence-corrected chi connectivity index (χ3v) is 2.91. The van der Waals surface area contributed by atoms with Crippen LogP contribution >= 0.6 is 0 Å². The van der Waals surface area contributed by atoms with Gasteiger partial charge in [0.2, 0.25) is 0 Å². The van der Waals surface area contributed by atoms with E-state index in [2.05, 4.69) is 10.1 Å². The highest BCUT2D eigenvalue weighted by atomic mass is 19.3. The molecule has 0 unspecified atom stereocenters. The Morgan fingerprint density at radius 2 is 2.19 bits per heavy atom. The summed E-state index contributed by atoms with van der Waals surface area (Å²) in [4.78, 5) is 4.41. The SMILES string of the molecule is Cc1cnn2c(C(F)F)cc(C3CC3)nc12. The lowest BCUT2D eigenvalue weighted by Crippen LogP contribution is -2.03. The van der Waals surface area contributed by atoms with E-state index in [-0.39, 0.29) is 5.69 Å². The van der Waals surface area contributed by atoms with Crippen molar-refractivity contribution in [2.24, 2.45) is 0 Å². The van der Waals surface area contributed by atoms with Crippen LogP contribution in [0.2, 0.25) is 0 Å². The van der Waals surface area contributed by atoms with Crippen molar-refractivity contribution >= 4 is 5.65 Å². The molecule has 0 spiro atoms. The van der Waals surface area contributed by atoms with E-state index in [4.69, 9.17) is 0 Å². The summed E-state index contributed by atoms with van der Waals surface area (Å²) in [7, 11) is 0. The van der Waals surface area contributed by atoms with Gasteiger partial charge in [0.25, 0.3) is 6.43 Å². The van der Waals surface area contributed by atoms with Crippen molar-refractivity contribution < 1.29 is 8.78 Å². The molecule has 0 amide bonds. The highest BCUT2D eigenvalue weighted by molar-refractivity contribution is 5.48. The third kappa shape index (κ3) is 1.38. The van der Waals surface area contributed by atoms with Gasteiger partial charge in [-0.05, 0) is 25.8 Å². The lowest BCUT2D eigenvalue weighted by Gasteiger charge is -2.06. The van der Waals surface area contributed by atoms with Crippen LogP contribution in [-0.2, 0) is 0 Å². The molecule has 3 nitrogen and oxygen atoms in total. The number of halogens is 2. The predicted octanol–water partition coefficient (Wildman–Crippen LogP) is 2.85. The molecule has 0 atom stereocenters. The van der Waals surface area contributed by atoms with Gasteiger partial charge in [-0.2, -0.15) is 5.10 Å². The molecule has 0 radical (unpaired) electrons. The Morgan fingerprint density at radius 1 is 1.44 bits per heavy atom. The fraction of sp³-hybridized carbons (Fsp3) is 0.455. The molecule has 2 aromatic heterocycles.